The van der Waals surface area contributed by atoms with Gasteiger partial charge in [0.1, 0.15) is 17.2 Å². The molecule has 0 bridgehead atoms. The molecule has 4 rings (SSSR count). The largest absolute Gasteiger partial charge is 0.497 e. The van der Waals surface area contributed by atoms with Crippen LogP contribution in [0, 0.1) is 0 Å². The van der Waals surface area contributed by atoms with E-state index in [0.29, 0.717) is 27.9 Å². The van der Waals surface area contributed by atoms with E-state index in [1.807, 2.05) is 4.90 Å². The Labute approximate surface area is 169 Å². The summed E-state index contributed by atoms with van der Waals surface area (Å²) in [4.78, 5) is 16.2. The fourth-order valence-electron chi connectivity index (χ4n) is 3.35. The van der Waals surface area contributed by atoms with Crippen LogP contribution < -0.4 is 9.64 Å². The lowest BCUT2D eigenvalue weighted by atomic mass is 10.1. The number of rotatable bonds is 3. The number of alkyl halides is 3. The van der Waals surface area contributed by atoms with Crippen molar-refractivity contribution in [2.75, 3.05) is 17.8 Å². The van der Waals surface area contributed by atoms with Crippen molar-refractivity contribution in [3.8, 4) is 5.75 Å². The molecule has 4 nitrogen and oxygen atoms in total. The number of carbonyl (C=O) groups excluding carboxylic acids is 1. The molecule has 0 radical (unpaired) electrons. The average Bonchev–Trinajstić information content (AvgIpc) is 3.22. The smallest absolute Gasteiger partial charge is 0.416 e. The van der Waals surface area contributed by atoms with Crippen LogP contribution in [0.1, 0.15) is 16.5 Å². The van der Waals surface area contributed by atoms with Gasteiger partial charge < -0.3 is 9.64 Å². The average molecular weight is 424 g/mol. The van der Waals surface area contributed by atoms with E-state index in [4.69, 9.17) is 17.0 Å². The lowest BCUT2D eigenvalue weighted by molar-refractivity contribution is -0.137. The number of hydrogen-bond donors (Lipinski definition) is 0. The van der Waals surface area contributed by atoms with Crippen molar-refractivity contribution in [2.45, 2.75) is 17.6 Å². The highest BCUT2D eigenvalue weighted by atomic mass is 32.2. The van der Waals surface area contributed by atoms with Gasteiger partial charge in [-0.05, 0) is 54.2 Å². The molecule has 0 spiro atoms. The summed E-state index contributed by atoms with van der Waals surface area (Å²) in [5, 5.41) is 0.0575. The topological polar surface area (TPSA) is 32.8 Å². The summed E-state index contributed by atoms with van der Waals surface area (Å²) in [5.74, 6) is 1.06. The van der Waals surface area contributed by atoms with Gasteiger partial charge in [0.15, 0.2) is 5.11 Å². The van der Waals surface area contributed by atoms with Crippen molar-refractivity contribution in [2.24, 2.45) is 0 Å². The number of anilines is 1. The Kier molecular flexibility index (Phi) is 4.75. The Bertz CT molecular complexity index is 916. The van der Waals surface area contributed by atoms with Gasteiger partial charge >= 0.3 is 6.18 Å². The first-order chi connectivity index (χ1) is 13.3. The summed E-state index contributed by atoms with van der Waals surface area (Å²) in [6.07, 6.45) is -4.38. The number of ether oxygens (including phenoxy) is 1. The van der Waals surface area contributed by atoms with Crippen LogP contribution in [0.5, 0.6) is 5.75 Å². The zero-order valence-corrected chi connectivity index (χ0v) is 16.3. The molecular formula is C19H15F3N2O2S2. The molecule has 0 N–H and O–H groups in total. The van der Waals surface area contributed by atoms with Crippen molar-refractivity contribution in [3.63, 3.8) is 0 Å². The van der Waals surface area contributed by atoms with Crippen molar-refractivity contribution in [1.82, 2.24) is 4.90 Å². The second-order valence-electron chi connectivity index (χ2n) is 6.38. The van der Waals surface area contributed by atoms with Crippen LogP contribution in [0.15, 0.2) is 48.5 Å². The summed E-state index contributed by atoms with van der Waals surface area (Å²) in [7, 11) is 1.56. The first-order valence-electron chi connectivity index (χ1n) is 8.40. The number of fused-ring (bicyclic) bond motifs is 1. The fourth-order valence-corrected chi connectivity index (χ4v) is 5.27. The van der Waals surface area contributed by atoms with Crippen molar-refractivity contribution >= 4 is 40.7 Å². The maximum Gasteiger partial charge on any atom is 0.416 e. The monoisotopic (exact) mass is 424 g/mol. The number of nitrogens with zero attached hydrogens (tertiary/aromatic N) is 2. The summed E-state index contributed by atoms with van der Waals surface area (Å²) in [6.45, 7) is 0. The molecule has 2 aromatic carbocycles. The number of hydrogen-bond acceptors (Lipinski definition) is 4. The summed E-state index contributed by atoms with van der Waals surface area (Å²) < 4.78 is 43.6. The third kappa shape index (κ3) is 3.12. The number of benzene rings is 2. The minimum atomic E-state index is -4.38. The van der Waals surface area contributed by atoms with E-state index in [2.05, 4.69) is 0 Å². The Morgan fingerprint density at radius 3 is 2.32 bits per heavy atom. The molecule has 1 amide bonds. The molecule has 2 aliphatic heterocycles. The summed E-state index contributed by atoms with van der Waals surface area (Å²) in [5.41, 5.74) is 0.629. The van der Waals surface area contributed by atoms with Crippen LogP contribution in [0.25, 0.3) is 0 Å². The molecule has 0 unspecified atom stereocenters. The molecule has 0 aliphatic carbocycles. The third-order valence-electron chi connectivity index (χ3n) is 4.77. The minimum Gasteiger partial charge on any atom is -0.497 e. The van der Waals surface area contributed by atoms with E-state index >= 15 is 0 Å². The van der Waals surface area contributed by atoms with Crippen LogP contribution >= 0.6 is 24.0 Å². The highest BCUT2D eigenvalue weighted by molar-refractivity contribution is 7.99. The van der Waals surface area contributed by atoms with Gasteiger partial charge in [0.2, 0.25) is 0 Å². The fraction of sp³-hybridized carbons (Fsp3) is 0.263. The van der Waals surface area contributed by atoms with Gasteiger partial charge in [-0.1, -0.05) is 12.1 Å². The molecular weight excluding hydrogens is 409 g/mol. The SMILES string of the molecule is COc1ccc(N2C(=O)[C@H]3CS[C@@H](c4ccc(C(F)(F)F)cc4)N3C2=S)cc1. The lowest BCUT2D eigenvalue weighted by Gasteiger charge is -2.26. The minimum absolute atomic E-state index is 0.128. The predicted molar refractivity (Wildman–Crippen MR) is 105 cm³/mol. The molecule has 0 aromatic heterocycles. The Hall–Kier alpha value is -2.26. The van der Waals surface area contributed by atoms with Gasteiger partial charge in [-0.15, -0.1) is 11.8 Å². The Balaban J connectivity index is 1.61. The van der Waals surface area contributed by atoms with Crippen molar-refractivity contribution in [1.29, 1.82) is 0 Å². The Morgan fingerprint density at radius 1 is 1.11 bits per heavy atom. The van der Waals surface area contributed by atoms with Crippen molar-refractivity contribution < 1.29 is 22.7 Å². The number of methoxy groups -OCH3 is 1. The molecule has 0 saturated carbocycles. The number of halogens is 3. The number of amides is 1. The van der Waals surface area contributed by atoms with Crippen LogP contribution in [0.2, 0.25) is 0 Å². The quantitative estimate of drug-likeness (QED) is 0.680. The molecule has 2 aliphatic rings. The zero-order chi connectivity index (χ0) is 20.1. The van der Waals surface area contributed by atoms with Crippen LogP contribution in [-0.2, 0) is 11.0 Å². The van der Waals surface area contributed by atoms with Gasteiger partial charge in [-0.2, -0.15) is 13.2 Å². The first-order valence-corrected chi connectivity index (χ1v) is 9.86. The predicted octanol–water partition coefficient (Wildman–Crippen LogP) is 4.46. The lowest BCUT2D eigenvalue weighted by Crippen LogP contribution is -2.33. The molecule has 2 fully saturated rings. The van der Waals surface area contributed by atoms with Crippen LogP contribution in [0.3, 0.4) is 0 Å². The zero-order valence-electron chi connectivity index (χ0n) is 14.6. The maximum absolute atomic E-state index is 12.9. The molecule has 146 valence electrons. The second kappa shape index (κ2) is 6.97. The van der Waals surface area contributed by atoms with Crippen LogP contribution in [-0.4, -0.2) is 34.8 Å². The molecule has 2 atom stereocenters. The van der Waals surface area contributed by atoms with E-state index < -0.39 is 17.8 Å². The number of carbonyl (C=O) groups is 1. The molecule has 28 heavy (non-hydrogen) atoms. The first kappa shape index (κ1) is 19.1. The highest BCUT2D eigenvalue weighted by Gasteiger charge is 2.50. The Morgan fingerprint density at radius 2 is 1.75 bits per heavy atom. The highest BCUT2D eigenvalue weighted by Crippen LogP contribution is 2.46. The van der Waals surface area contributed by atoms with E-state index in [0.717, 1.165) is 12.1 Å². The normalized spacial score (nSPS) is 22.0. The van der Waals surface area contributed by atoms with E-state index in [-0.39, 0.29) is 11.3 Å². The van der Waals surface area contributed by atoms with Gasteiger partial charge in [0, 0.05) is 5.75 Å². The maximum atomic E-state index is 12.9. The van der Waals surface area contributed by atoms with Gasteiger partial charge in [-0.25, -0.2) is 0 Å². The van der Waals surface area contributed by atoms with E-state index in [9.17, 15) is 18.0 Å². The molecule has 2 saturated heterocycles. The van der Waals surface area contributed by atoms with Gasteiger partial charge in [0.25, 0.3) is 5.91 Å². The van der Waals surface area contributed by atoms with Crippen molar-refractivity contribution in [3.05, 3.63) is 59.7 Å². The number of thiocarbonyl (C=S) groups is 1. The molecule has 2 aromatic rings. The van der Waals surface area contributed by atoms with Gasteiger partial charge in [0.05, 0.1) is 18.4 Å². The van der Waals surface area contributed by atoms with Crippen LogP contribution in [0.4, 0.5) is 18.9 Å². The van der Waals surface area contributed by atoms with Gasteiger partial charge in [-0.3, -0.25) is 9.69 Å². The number of thioether (sulfide) groups is 1. The van der Waals surface area contributed by atoms with E-state index in [1.165, 1.54) is 28.8 Å². The summed E-state index contributed by atoms with van der Waals surface area (Å²) >= 11 is 7.07. The van der Waals surface area contributed by atoms with E-state index in [1.54, 1.807) is 31.4 Å². The molecule has 2 heterocycles. The molecule has 9 heteroatoms. The third-order valence-corrected chi connectivity index (χ3v) is 6.49. The second-order valence-corrected chi connectivity index (χ2v) is 7.86. The summed E-state index contributed by atoms with van der Waals surface area (Å²) in [6, 6.07) is 11.6. The standard InChI is InChI=1S/C19H15F3N2O2S2/c1-26-14-8-6-13(7-9-14)23-16(25)15-10-28-17(24(15)18(23)27)11-2-4-12(5-3-11)19(20,21)22/h2-9,15,17H,10H2,1H3/t15-,17+/m1/s1.